The molecule has 2 fully saturated rings. The van der Waals surface area contributed by atoms with Crippen molar-refractivity contribution < 1.29 is 28.3 Å². The molecule has 2 N–H and O–H groups in total. The van der Waals surface area contributed by atoms with E-state index in [0.717, 1.165) is 44.2 Å². The molecule has 5 aliphatic rings. The summed E-state index contributed by atoms with van der Waals surface area (Å²) in [7, 11) is -2.11. The molecule has 2 aliphatic heterocycles. The van der Waals surface area contributed by atoms with Crippen molar-refractivity contribution in [3.05, 3.63) is 70.3 Å². The number of hydrogen-bond acceptors (Lipinski definition) is 6. The number of rotatable bonds is 6. The minimum absolute atomic E-state index is 0.131. The number of aromatic hydroxyl groups is 1. The number of hydrogen-bond donors (Lipinski definition) is 2. The first kappa shape index (κ1) is 23.9. The van der Waals surface area contributed by atoms with Gasteiger partial charge in [0.2, 0.25) is 0 Å². The van der Waals surface area contributed by atoms with Crippen LogP contribution < -0.4 is 4.74 Å². The summed E-state index contributed by atoms with van der Waals surface area (Å²) < 4.78 is 30.9. The summed E-state index contributed by atoms with van der Waals surface area (Å²) in [6, 6.07) is 12.5. The lowest BCUT2D eigenvalue weighted by molar-refractivity contribution is -0.0979. The van der Waals surface area contributed by atoms with Crippen LogP contribution >= 0.6 is 7.82 Å². The van der Waals surface area contributed by atoms with E-state index in [0.29, 0.717) is 30.6 Å². The zero-order valence-corrected chi connectivity index (χ0v) is 22.0. The summed E-state index contributed by atoms with van der Waals surface area (Å²) in [4.78, 5) is 13.2. The number of phosphoric ester groups is 1. The van der Waals surface area contributed by atoms with Gasteiger partial charge in [0, 0.05) is 17.0 Å². The van der Waals surface area contributed by atoms with Crippen LogP contribution in [-0.4, -0.2) is 53.3 Å². The van der Waals surface area contributed by atoms with E-state index < -0.39 is 20.0 Å². The lowest BCUT2D eigenvalue weighted by Gasteiger charge is -2.58. The van der Waals surface area contributed by atoms with E-state index in [1.54, 1.807) is 6.07 Å². The van der Waals surface area contributed by atoms with Crippen LogP contribution in [0.3, 0.4) is 0 Å². The Morgan fingerprint density at radius 3 is 2.86 bits per heavy atom. The second kappa shape index (κ2) is 8.69. The predicted octanol–water partition coefficient (Wildman–Crippen LogP) is 4.68. The third kappa shape index (κ3) is 3.74. The lowest BCUT2D eigenvalue weighted by atomic mass is 9.51. The maximum absolute atomic E-state index is 13.1. The van der Waals surface area contributed by atoms with Gasteiger partial charge in [0.15, 0.2) is 11.5 Å². The Hall–Kier alpha value is -2.15. The van der Waals surface area contributed by atoms with Gasteiger partial charge in [-0.25, -0.2) is 4.57 Å². The molecule has 37 heavy (non-hydrogen) atoms. The zero-order chi connectivity index (χ0) is 25.4. The van der Waals surface area contributed by atoms with E-state index in [2.05, 4.69) is 36.2 Å². The summed E-state index contributed by atoms with van der Waals surface area (Å²) in [5.41, 5.74) is 5.89. The number of fused-ring (bicyclic) bond motifs is 1. The smallest absolute Gasteiger partial charge is 0.472 e. The Morgan fingerprint density at radius 2 is 2.00 bits per heavy atom. The number of likely N-dealkylation sites (N-methyl/N-ethyl adjacent to an activating group) is 1. The van der Waals surface area contributed by atoms with E-state index in [4.69, 9.17) is 13.8 Å². The number of phosphoric acid groups is 1. The minimum Gasteiger partial charge on any atom is -0.504 e. The first-order chi connectivity index (χ1) is 17.9. The van der Waals surface area contributed by atoms with Crippen molar-refractivity contribution in [2.24, 2.45) is 5.92 Å². The molecule has 8 heteroatoms. The molecule has 1 spiro atoms. The third-order valence-electron chi connectivity index (χ3n) is 9.63. The van der Waals surface area contributed by atoms with E-state index in [-0.39, 0.29) is 17.8 Å². The Morgan fingerprint density at radius 1 is 1.16 bits per heavy atom. The van der Waals surface area contributed by atoms with Gasteiger partial charge in [-0.15, -0.1) is 0 Å². The van der Waals surface area contributed by atoms with Crippen LogP contribution in [0.4, 0.5) is 0 Å². The van der Waals surface area contributed by atoms with Crippen molar-refractivity contribution in [3.63, 3.8) is 0 Å². The molecule has 1 saturated heterocycles. The summed E-state index contributed by atoms with van der Waals surface area (Å²) in [5.74, 6) is 1.05. The number of allylic oxidation sites excluding steroid dienone is 1. The van der Waals surface area contributed by atoms with E-state index in [1.807, 2.05) is 12.1 Å². The van der Waals surface area contributed by atoms with Crippen molar-refractivity contribution in [3.8, 4) is 11.5 Å². The Kier molecular flexibility index (Phi) is 5.62. The zero-order valence-electron chi connectivity index (χ0n) is 21.1. The number of nitrogens with zero attached hydrogens (tertiary/aromatic N) is 1. The Bertz CT molecular complexity index is 1330. The first-order valence-electron chi connectivity index (χ1n) is 13.5. The van der Waals surface area contributed by atoms with Gasteiger partial charge in [0.05, 0.1) is 6.61 Å². The van der Waals surface area contributed by atoms with Crippen LogP contribution in [0, 0.1) is 5.92 Å². The average Bonchev–Trinajstić information content (AvgIpc) is 3.24. The molecule has 6 atom stereocenters. The molecule has 2 heterocycles. The van der Waals surface area contributed by atoms with Crippen molar-refractivity contribution in [2.75, 3.05) is 20.2 Å². The number of phenols is 1. The molecule has 2 bridgehead atoms. The highest BCUT2D eigenvalue weighted by Gasteiger charge is 2.66. The molecular formula is C29H34NO6P. The first-order valence-corrected chi connectivity index (χ1v) is 15.0. The normalized spacial score (nSPS) is 33.1. The maximum atomic E-state index is 13.1. The number of piperidine rings is 1. The van der Waals surface area contributed by atoms with E-state index in [9.17, 15) is 14.6 Å². The van der Waals surface area contributed by atoms with Crippen molar-refractivity contribution in [2.45, 2.75) is 68.6 Å². The van der Waals surface area contributed by atoms with Crippen molar-refractivity contribution >= 4 is 7.82 Å². The fourth-order valence-corrected chi connectivity index (χ4v) is 8.92. The van der Waals surface area contributed by atoms with Crippen LogP contribution in [0.15, 0.2) is 48.0 Å². The SMILES string of the molecule is CN1CCC23c4c5ccc(O)c4OC2C(OP(=O)(O)OCCC2=CCc4ccccc4C2)CCC3C1C5. The summed E-state index contributed by atoms with van der Waals surface area (Å²) in [6.07, 6.45) is 6.87. The molecule has 0 aromatic heterocycles. The van der Waals surface area contributed by atoms with Gasteiger partial charge < -0.3 is 19.6 Å². The molecule has 7 rings (SSSR count). The number of benzene rings is 2. The second-order valence-electron chi connectivity index (χ2n) is 11.4. The summed E-state index contributed by atoms with van der Waals surface area (Å²) >= 11 is 0. The van der Waals surface area contributed by atoms with Gasteiger partial charge in [0.1, 0.15) is 12.2 Å². The van der Waals surface area contributed by atoms with Crippen molar-refractivity contribution in [1.29, 1.82) is 0 Å². The molecule has 2 aromatic carbocycles. The van der Waals surface area contributed by atoms with E-state index in [1.165, 1.54) is 22.3 Å². The topological polar surface area (TPSA) is 88.5 Å². The summed E-state index contributed by atoms with van der Waals surface area (Å²) in [5, 5.41) is 10.7. The predicted molar refractivity (Wildman–Crippen MR) is 139 cm³/mol. The molecule has 2 aromatic rings. The number of ether oxygens (including phenoxy) is 1. The highest BCUT2D eigenvalue weighted by atomic mass is 31.2. The van der Waals surface area contributed by atoms with Gasteiger partial charge in [-0.3, -0.25) is 9.05 Å². The van der Waals surface area contributed by atoms with Gasteiger partial charge in [0.25, 0.3) is 0 Å². The second-order valence-corrected chi connectivity index (χ2v) is 12.8. The fourth-order valence-electron chi connectivity index (χ4n) is 7.98. The molecule has 1 saturated carbocycles. The third-order valence-corrected chi connectivity index (χ3v) is 10.7. The monoisotopic (exact) mass is 523 g/mol. The van der Waals surface area contributed by atoms with Gasteiger partial charge >= 0.3 is 7.82 Å². The quantitative estimate of drug-likeness (QED) is 0.420. The molecule has 0 amide bonds. The number of phenolic OH excluding ortho intramolecular Hbond substituents is 1. The highest BCUT2D eigenvalue weighted by Crippen LogP contribution is 2.65. The van der Waals surface area contributed by atoms with Gasteiger partial charge in [-0.2, -0.15) is 0 Å². The Balaban J connectivity index is 1.07. The molecule has 6 unspecified atom stereocenters. The van der Waals surface area contributed by atoms with E-state index >= 15 is 0 Å². The lowest BCUT2D eigenvalue weighted by Crippen LogP contribution is -2.66. The van der Waals surface area contributed by atoms with Gasteiger partial charge in [-0.1, -0.05) is 42.0 Å². The fraction of sp³-hybridized carbons (Fsp3) is 0.517. The van der Waals surface area contributed by atoms with Crippen molar-refractivity contribution in [1.82, 2.24) is 4.90 Å². The van der Waals surface area contributed by atoms with Crippen LogP contribution in [0.5, 0.6) is 11.5 Å². The summed E-state index contributed by atoms with van der Waals surface area (Å²) in [6.45, 7) is 1.06. The standard InChI is InChI=1S/C29H34NO6P/c1-30-14-13-29-22-9-11-25(28(29)35-27-24(31)10-8-21(26(27)29)17-23(22)30)36-37(32,33)34-15-12-18-6-7-19-4-2-3-5-20(19)16-18/h2-6,8,10,22-23,25,28,31H,7,9,11-17H2,1H3,(H,32,33). The minimum atomic E-state index is -4.29. The van der Waals surface area contributed by atoms with Crippen LogP contribution in [-0.2, 0) is 38.3 Å². The maximum Gasteiger partial charge on any atom is 0.472 e. The molecule has 3 aliphatic carbocycles. The van der Waals surface area contributed by atoms with Crippen LogP contribution in [0.25, 0.3) is 0 Å². The Labute approximate surface area is 217 Å². The molecule has 196 valence electrons. The van der Waals surface area contributed by atoms with Crippen LogP contribution in [0.2, 0.25) is 0 Å². The molecular weight excluding hydrogens is 489 g/mol. The highest BCUT2D eigenvalue weighted by molar-refractivity contribution is 7.47. The number of likely N-dealkylation sites (tertiary alicyclic amines) is 1. The average molecular weight is 524 g/mol. The largest absolute Gasteiger partial charge is 0.504 e. The molecule has 0 radical (unpaired) electrons. The molecule has 7 nitrogen and oxygen atoms in total. The van der Waals surface area contributed by atoms with Crippen LogP contribution in [0.1, 0.15) is 47.9 Å². The van der Waals surface area contributed by atoms with Gasteiger partial charge in [-0.05, 0) is 87.2 Å².